The molecule has 3 heteroatoms. The highest BCUT2D eigenvalue weighted by atomic mass is 15.3. The first kappa shape index (κ1) is 12.3. The quantitative estimate of drug-likeness (QED) is 0.765. The van der Waals surface area contributed by atoms with Crippen LogP contribution in [0.3, 0.4) is 0 Å². The summed E-state index contributed by atoms with van der Waals surface area (Å²) in [6.45, 7) is 9.20. The van der Waals surface area contributed by atoms with Crippen LogP contribution in [0.15, 0.2) is 0 Å². The molecule has 0 bridgehead atoms. The normalized spacial score (nSPS) is 36.8. The average Bonchev–Trinajstić information content (AvgIpc) is 2.70. The van der Waals surface area contributed by atoms with Gasteiger partial charge in [-0.25, -0.2) is 0 Å². The van der Waals surface area contributed by atoms with E-state index in [2.05, 4.69) is 30.7 Å². The summed E-state index contributed by atoms with van der Waals surface area (Å²) in [4.78, 5) is 5.18. The predicted octanol–water partition coefficient (Wildman–Crippen LogP) is 1.14. The molecule has 16 heavy (non-hydrogen) atoms. The van der Waals surface area contributed by atoms with E-state index in [1.54, 1.807) is 0 Å². The number of hydrogen-bond acceptors (Lipinski definition) is 3. The van der Waals surface area contributed by atoms with Crippen molar-refractivity contribution in [2.24, 2.45) is 11.7 Å². The zero-order valence-electron chi connectivity index (χ0n) is 11.1. The van der Waals surface area contributed by atoms with E-state index in [0.29, 0.717) is 5.54 Å². The molecule has 0 spiro atoms. The molecule has 2 N–H and O–H groups in total. The zero-order valence-corrected chi connectivity index (χ0v) is 11.1. The van der Waals surface area contributed by atoms with Crippen LogP contribution in [0.1, 0.15) is 33.1 Å². The van der Waals surface area contributed by atoms with E-state index in [1.165, 1.54) is 38.9 Å². The molecule has 1 heterocycles. The van der Waals surface area contributed by atoms with Crippen LogP contribution < -0.4 is 5.73 Å². The van der Waals surface area contributed by atoms with Gasteiger partial charge in [-0.2, -0.15) is 0 Å². The van der Waals surface area contributed by atoms with Crippen LogP contribution in [0.2, 0.25) is 0 Å². The largest absolute Gasteiger partial charge is 0.330 e. The zero-order chi connectivity index (χ0) is 11.8. The van der Waals surface area contributed by atoms with Gasteiger partial charge in [-0.05, 0) is 46.2 Å². The Morgan fingerprint density at radius 1 is 1.25 bits per heavy atom. The second-order valence-electron chi connectivity index (χ2n) is 6.20. The SMILES string of the molecule is CN1CCN(C2CCCC2CN)CC1(C)C. The molecule has 1 aliphatic carbocycles. The van der Waals surface area contributed by atoms with Crippen molar-refractivity contribution < 1.29 is 0 Å². The Hall–Kier alpha value is -0.120. The van der Waals surface area contributed by atoms with Crippen molar-refractivity contribution in [3.63, 3.8) is 0 Å². The smallest absolute Gasteiger partial charge is 0.0277 e. The number of likely N-dealkylation sites (N-methyl/N-ethyl adjacent to an activating group) is 1. The van der Waals surface area contributed by atoms with Crippen molar-refractivity contribution >= 4 is 0 Å². The lowest BCUT2D eigenvalue weighted by atomic mass is 9.95. The molecule has 2 fully saturated rings. The minimum Gasteiger partial charge on any atom is -0.330 e. The highest BCUT2D eigenvalue weighted by molar-refractivity contribution is 4.94. The van der Waals surface area contributed by atoms with Gasteiger partial charge in [0.1, 0.15) is 0 Å². The highest BCUT2D eigenvalue weighted by Gasteiger charge is 2.38. The Morgan fingerprint density at radius 3 is 2.62 bits per heavy atom. The number of nitrogens with two attached hydrogens (primary N) is 1. The average molecular weight is 225 g/mol. The molecule has 0 aromatic heterocycles. The van der Waals surface area contributed by atoms with Gasteiger partial charge in [0.05, 0.1) is 0 Å². The maximum atomic E-state index is 5.89. The Bertz CT molecular complexity index is 239. The van der Waals surface area contributed by atoms with Gasteiger partial charge >= 0.3 is 0 Å². The van der Waals surface area contributed by atoms with Gasteiger partial charge in [0, 0.05) is 31.2 Å². The number of piperazine rings is 1. The van der Waals surface area contributed by atoms with Gasteiger partial charge in [0.2, 0.25) is 0 Å². The summed E-state index contributed by atoms with van der Waals surface area (Å²) in [5.74, 6) is 0.749. The summed E-state index contributed by atoms with van der Waals surface area (Å²) in [6, 6.07) is 0.762. The summed E-state index contributed by atoms with van der Waals surface area (Å²) in [6.07, 6.45) is 4.08. The molecular formula is C13H27N3. The van der Waals surface area contributed by atoms with Gasteiger partial charge in [-0.15, -0.1) is 0 Å². The minimum absolute atomic E-state index is 0.319. The Kier molecular flexibility index (Phi) is 3.57. The maximum absolute atomic E-state index is 5.89. The van der Waals surface area contributed by atoms with E-state index < -0.39 is 0 Å². The van der Waals surface area contributed by atoms with E-state index in [9.17, 15) is 0 Å². The summed E-state index contributed by atoms with van der Waals surface area (Å²) < 4.78 is 0. The lowest BCUT2D eigenvalue weighted by Crippen LogP contribution is -2.60. The van der Waals surface area contributed by atoms with Crippen LogP contribution in [-0.4, -0.2) is 54.6 Å². The van der Waals surface area contributed by atoms with Gasteiger partial charge in [-0.3, -0.25) is 9.80 Å². The molecule has 0 amide bonds. The summed E-state index contributed by atoms with van der Waals surface area (Å²) in [7, 11) is 2.24. The maximum Gasteiger partial charge on any atom is 0.0277 e. The lowest BCUT2D eigenvalue weighted by molar-refractivity contribution is 0.00843. The fourth-order valence-corrected chi connectivity index (χ4v) is 3.33. The summed E-state index contributed by atoms with van der Waals surface area (Å²) in [5, 5.41) is 0. The number of hydrogen-bond donors (Lipinski definition) is 1. The molecule has 1 aliphatic heterocycles. The predicted molar refractivity (Wildman–Crippen MR) is 68.5 cm³/mol. The number of nitrogens with zero attached hydrogens (tertiary/aromatic N) is 2. The number of rotatable bonds is 2. The second kappa shape index (κ2) is 4.63. The Labute approximate surface area is 100.0 Å². The molecule has 2 aliphatic rings. The van der Waals surface area contributed by atoms with E-state index in [4.69, 9.17) is 5.73 Å². The fraction of sp³-hybridized carbons (Fsp3) is 1.00. The van der Waals surface area contributed by atoms with E-state index >= 15 is 0 Å². The van der Waals surface area contributed by atoms with E-state index in [1.807, 2.05) is 0 Å². The molecule has 2 atom stereocenters. The van der Waals surface area contributed by atoms with Gasteiger partial charge in [-0.1, -0.05) is 6.42 Å². The third-order valence-electron chi connectivity index (χ3n) is 4.74. The molecule has 0 aromatic carbocycles. The van der Waals surface area contributed by atoms with Crippen LogP contribution in [-0.2, 0) is 0 Å². The van der Waals surface area contributed by atoms with Gasteiger partial charge in [0.25, 0.3) is 0 Å². The standard InChI is InChI=1S/C13H27N3/c1-13(2)10-16(8-7-15(13)3)12-6-4-5-11(12)9-14/h11-12H,4-10,14H2,1-3H3. The topological polar surface area (TPSA) is 32.5 Å². The van der Waals surface area contributed by atoms with Crippen LogP contribution in [0.5, 0.6) is 0 Å². The first-order chi connectivity index (χ1) is 7.54. The van der Waals surface area contributed by atoms with Crippen molar-refractivity contribution in [2.45, 2.75) is 44.7 Å². The molecule has 94 valence electrons. The lowest BCUT2D eigenvalue weighted by Gasteiger charge is -2.48. The summed E-state index contributed by atoms with van der Waals surface area (Å²) >= 11 is 0. The molecule has 0 radical (unpaired) electrons. The van der Waals surface area contributed by atoms with Crippen LogP contribution in [0.25, 0.3) is 0 Å². The monoisotopic (exact) mass is 225 g/mol. The first-order valence-corrected chi connectivity index (χ1v) is 6.70. The molecular weight excluding hydrogens is 198 g/mol. The molecule has 2 unspecified atom stereocenters. The molecule has 1 saturated carbocycles. The van der Waals surface area contributed by atoms with Gasteiger partial charge in [0.15, 0.2) is 0 Å². The van der Waals surface area contributed by atoms with Crippen molar-refractivity contribution in [3.05, 3.63) is 0 Å². The van der Waals surface area contributed by atoms with Crippen molar-refractivity contribution in [2.75, 3.05) is 33.2 Å². The third kappa shape index (κ3) is 2.27. The molecule has 0 aromatic rings. The first-order valence-electron chi connectivity index (χ1n) is 6.70. The van der Waals surface area contributed by atoms with Crippen LogP contribution in [0, 0.1) is 5.92 Å². The van der Waals surface area contributed by atoms with Crippen LogP contribution in [0.4, 0.5) is 0 Å². The highest BCUT2D eigenvalue weighted by Crippen LogP contribution is 2.32. The van der Waals surface area contributed by atoms with E-state index in [-0.39, 0.29) is 0 Å². The third-order valence-corrected chi connectivity index (χ3v) is 4.74. The fourth-order valence-electron chi connectivity index (χ4n) is 3.33. The van der Waals surface area contributed by atoms with Crippen molar-refractivity contribution in [3.8, 4) is 0 Å². The van der Waals surface area contributed by atoms with Crippen LogP contribution >= 0.6 is 0 Å². The Morgan fingerprint density at radius 2 is 2.00 bits per heavy atom. The van der Waals surface area contributed by atoms with Gasteiger partial charge < -0.3 is 5.73 Å². The van der Waals surface area contributed by atoms with Crippen molar-refractivity contribution in [1.29, 1.82) is 0 Å². The Balaban J connectivity index is 2.00. The van der Waals surface area contributed by atoms with E-state index in [0.717, 1.165) is 18.5 Å². The second-order valence-corrected chi connectivity index (χ2v) is 6.20. The molecule has 2 rings (SSSR count). The minimum atomic E-state index is 0.319. The van der Waals surface area contributed by atoms with Crippen molar-refractivity contribution in [1.82, 2.24) is 9.80 Å². The molecule has 3 nitrogen and oxygen atoms in total. The summed E-state index contributed by atoms with van der Waals surface area (Å²) in [5.41, 5.74) is 6.21. The molecule has 1 saturated heterocycles.